The van der Waals surface area contributed by atoms with Crippen LogP contribution >= 0.6 is 0 Å². The van der Waals surface area contributed by atoms with Gasteiger partial charge < -0.3 is 9.47 Å². The highest BCUT2D eigenvalue weighted by atomic mass is 16.5. The summed E-state index contributed by atoms with van der Waals surface area (Å²) in [6, 6.07) is 31.0. The number of ether oxygens (including phenoxy) is 2. The maximum Gasteiger partial charge on any atom is 0.0853 e. The Labute approximate surface area is 150 Å². The van der Waals surface area contributed by atoms with Gasteiger partial charge in [0.25, 0.3) is 0 Å². The third-order valence-electron chi connectivity index (χ3n) is 4.05. The van der Waals surface area contributed by atoms with Crippen molar-refractivity contribution in [1.82, 2.24) is 0 Å². The van der Waals surface area contributed by atoms with Crippen molar-refractivity contribution in [3.8, 4) is 0 Å². The van der Waals surface area contributed by atoms with Gasteiger partial charge in [-0.15, -0.1) is 0 Å². The van der Waals surface area contributed by atoms with Gasteiger partial charge in [0.15, 0.2) is 0 Å². The quantitative estimate of drug-likeness (QED) is 0.547. The molecule has 0 amide bonds. The Morgan fingerprint density at radius 1 is 0.560 bits per heavy atom. The smallest absolute Gasteiger partial charge is 0.0853 e. The van der Waals surface area contributed by atoms with Gasteiger partial charge in [-0.2, -0.15) is 0 Å². The second-order valence-electron chi connectivity index (χ2n) is 6.11. The maximum absolute atomic E-state index is 6.15. The van der Waals surface area contributed by atoms with Gasteiger partial charge in [-0.3, -0.25) is 0 Å². The van der Waals surface area contributed by atoms with E-state index in [-0.39, 0.29) is 6.10 Å². The first-order valence-electron chi connectivity index (χ1n) is 8.71. The van der Waals surface area contributed by atoms with E-state index in [1.807, 2.05) is 42.5 Å². The molecule has 3 rings (SSSR count). The van der Waals surface area contributed by atoms with Crippen LogP contribution in [0.4, 0.5) is 0 Å². The van der Waals surface area contributed by atoms with Crippen molar-refractivity contribution in [3.63, 3.8) is 0 Å². The Balaban J connectivity index is 1.55. The predicted molar refractivity (Wildman–Crippen MR) is 101 cm³/mol. The van der Waals surface area contributed by atoms with Gasteiger partial charge in [0.2, 0.25) is 0 Å². The maximum atomic E-state index is 6.15. The van der Waals surface area contributed by atoms with Gasteiger partial charge in [0.05, 0.1) is 25.9 Å². The lowest BCUT2D eigenvalue weighted by Gasteiger charge is -2.18. The molecule has 0 aliphatic heterocycles. The van der Waals surface area contributed by atoms with Crippen molar-refractivity contribution < 1.29 is 9.47 Å². The fraction of sp³-hybridized carbons (Fsp3) is 0.217. The average molecular weight is 332 g/mol. The third-order valence-corrected chi connectivity index (χ3v) is 4.05. The van der Waals surface area contributed by atoms with Crippen LogP contribution in [-0.4, -0.2) is 12.7 Å². The summed E-state index contributed by atoms with van der Waals surface area (Å²) in [6.45, 7) is 1.80. The first-order chi connectivity index (χ1) is 12.4. The van der Waals surface area contributed by atoms with Gasteiger partial charge >= 0.3 is 0 Å². The van der Waals surface area contributed by atoms with E-state index >= 15 is 0 Å². The predicted octanol–water partition coefficient (Wildman–Crippen LogP) is 5.03. The molecule has 0 saturated heterocycles. The minimum absolute atomic E-state index is 0.0336. The molecule has 25 heavy (non-hydrogen) atoms. The van der Waals surface area contributed by atoms with Crippen molar-refractivity contribution in [2.45, 2.75) is 25.7 Å². The number of rotatable bonds is 9. The standard InChI is InChI=1S/C23H24O2/c1-4-10-20(11-5-1)16-23(25-18-22-14-8-3-9-15-22)19-24-17-21-12-6-2-7-13-21/h1-15,23H,16-19H2. The van der Waals surface area contributed by atoms with Crippen LogP contribution in [0.3, 0.4) is 0 Å². The summed E-state index contributed by atoms with van der Waals surface area (Å²) in [5, 5.41) is 0. The second-order valence-corrected chi connectivity index (χ2v) is 6.11. The van der Waals surface area contributed by atoms with Crippen LogP contribution in [0.1, 0.15) is 16.7 Å². The normalized spacial score (nSPS) is 12.0. The van der Waals surface area contributed by atoms with Gasteiger partial charge in [-0.25, -0.2) is 0 Å². The Bertz CT molecular complexity index is 711. The number of benzene rings is 3. The van der Waals surface area contributed by atoms with E-state index in [2.05, 4.69) is 48.5 Å². The molecule has 0 aliphatic rings. The van der Waals surface area contributed by atoms with E-state index in [4.69, 9.17) is 9.47 Å². The Kier molecular flexibility index (Phi) is 6.80. The highest BCUT2D eigenvalue weighted by molar-refractivity contribution is 5.16. The molecule has 0 fully saturated rings. The zero-order valence-electron chi connectivity index (χ0n) is 14.4. The summed E-state index contributed by atoms with van der Waals surface area (Å²) >= 11 is 0. The van der Waals surface area contributed by atoms with E-state index < -0.39 is 0 Å². The lowest BCUT2D eigenvalue weighted by molar-refractivity contribution is -0.0290. The zero-order valence-corrected chi connectivity index (χ0v) is 14.4. The first kappa shape index (κ1) is 17.4. The summed E-state index contributed by atoms with van der Waals surface area (Å²) in [6.07, 6.45) is 0.883. The van der Waals surface area contributed by atoms with Crippen molar-refractivity contribution in [2.24, 2.45) is 0 Å². The molecule has 0 bridgehead atoms. The summed E-state index contributed by atoms with van der Waals surface area (Å²) in [4.78, 5) is 0. The largest absolute Gasteiger partial charge is 0.374 e. The van der Waals surface area contributed by atoms with E-state index in [0.717, 1.165) is 6.42 Å². The van der Waals surface area contributed by atoms with Crippen molar-refractivity contribution in [3.05, 3.63) is 108 Å². The summed E-state index contributed by atoms with van der Waals surface area (Å²) in [5.41, 5.74) is 3.64. The topological polar surface area (TPSA) is 18.5 Å². The van der Waals surface area contributed by atoms with Gasteiger partial charge in [-0.05, 0) is 16.7 Å². The number of hydrogen-bond acceptors (Lipinski definition) is 2. The highest BCUT2D eigenvalue weighted by Crippen LogP contribution is 2.11. The molecule has 0 N–H and O–H groups in total. The molecule has 3 aromatic rings. The average Bonchev–Trinajstić information content (AvgIpc) is 2.68. The van der Waals surface area contributed by atoms with Crippen LogP contribution in [0.25, 0.3) is 0 Å². The fourth-order valence-electron chi connectivity index (χ4n) is 2.71. The highest BCUT2D eigenvalue weighted by Gasteiger charge is 2.11. The van der Waals surface area contributed by atoms with Crippen molar-refractivity contribution >= 4 is 0 Å². The molecular weight excluding hydrogens is 308 g/mol. The summed E-state index contributed by atoms with van der Waals surface area (Å²) in [5.74, 6) is 0. The van der Waals surface area contributed by atoms with Crippen LogP contribution < -0.4 is 0 Å². The monoisotopic (exact) mass is 332 g/mol. The second kappa shape index (κ2) is 9.77. The molecular formula is C23H24O2. The molecule has 0 spiro atoms. The molecule has 1 unspecified atom stereocenters. The van der Waals surface area contributed by atoms with Crippen LogP contribution in [0.5, 0.6) is 0 Å². The molecule has 0 saturated carbocycles. The zero-order chi connectivity index (χ0) is 17.2. The van der Waals surface area contributed by atoms with Gasteiger partial charge in [0, 0.05) is 6.42 Å². The van der Waals surface area contributed by atoms with Gasteiger partial charge in [-0.1, -0.05) is 91.0 Å². The van der Waals surface area contributed by atoms with E-state index in [9.17, 15) is 0 Å². The minimum atomic E-state index is 0.0336. The summed E-state index contributed by atoms with van der Waals surface area (Å²) < 4.78 is 12.1. The van der Waals surface area contributed by atoms with Crippen molar-refractivity contribution in [2.75, 3.05) is 6.61 Å². The summed E-state index contributed by atoms with van der Waals surface area (Å²) in [7, 11) is 0. The minimum Gasteiger partial charge on any atom is -0.374 e. The lowest BCUT2D eigenvalue weighted by Crippen LogP contribution is -2.22. The Morgan fingerprint density at radius 2 is 1.04 bits per heavy atom. The molecule has 0 aliphatic carbocycles. The molecule has 0 radical (unpaired) electrons. The van der Waals surface area contributed by atoms with Crippen LogP contribution in [0.2, 0.25) is 0 Å². The molecule has 1 atom stereocenters. The Morgan fingerprint density at radius 3 is 1.60 bits per heavy atom. The molecule has 3 aromatic carbocycles. The van der Waals surface area contributed by atoms with Gasteiger partial charge in [0.1, 0.15) is 0 Å². The van der Waals surface area contributed by atoms with Crippen molar-refractivity contribution in [1.29, 1.82) is 0 Å². The Hall–Kier alpha value is -2.42. The molecule has 2 nitrogen and oxygen atoms in total. The van der Waals surface area contributed by atoms with Crippen LogP contribution in [-0.2, 0) is 29.1 Å². The van der Waals surface area contributed by atoms with E-state index in [1.165, 1.54) is 16.7 Å². The number of hydrogen-bond donors (Lipinski definition) is 0. The molecule has 0 heterocycles. The van der Waals surface area contributed by atoms with Crippen LogP contribution in [0.15, 0.2) is 91.0 Å². The SMILES string of the molecule is c1ccc(COCC(Cc2ccccc2)OCc2ccccc2)cc1. The molecule has 2 heteroatoms. The third kappa shape index (κ3) is 6.18. The fourth-order valence-corrected chi connectivity index (χ4v) is 2.71. The molecule has 0 aromatic heterocycles. The first-order valence-corrected chi connectivity index (χ1v) is 8.71. The molecule has 128 valence electrons. The van der Waals surface area contributed by atoms with E-state index in [0.29, 0.717) is 19.8 Å². The van der Waals surface area contributed by atoms with E-state index in [1.54, 1.807) is 0 Å². The van der Waals surface area contributed by atoms with Crippen LogP contribution in [0, 0.1) is 0 Å². The lowest BCUT2D eigenvalue weighted by atomic mass is 10.1.